The van der Waals surface area contributed by atoms with E-state index in [1.54, 1.807) is 0 Å². The number of alkyl halides is 3. The number of amides is 1. The quantitative estimate of drug-likeness (QED) is 0.763. The lowest BCUT2D eigenvalue weighted by molar-refractivity contribution is 0.0567. The minimum atomic E-state index is -2.71. The fourth-order valence-electron chi connectivity index (χ4n) is 1.38. The molecule has 0 heterocycles. The standard InChI is InChI=1S/C11H10Cl2F3NO/c12-4-5-17(6-9(14)15)11(18)7-2-1-3-8(13)10(7)16/h1-3,9H,4-6H2. The molecule has 0 N–H and O–H groups in total. The first-order valence-electron chi connectivity index (χ1n) is 5.04. The fourth-order valence-corrected chi connectivity index (χ4v) is 1.76. The van der Waals surface area contributed by atoms with Crippen molar-refractivity contribution in [2.24, 2.45) is 0 Å². The van der Waals surface area contributed by atoms with Crippen LogP contribution in [0.25, 0.3) is 0 Å². The van der Waals surface area contributed by atoms with Gasteiger partial charge in [0.1, 0.15) is 0 Å². The molecule has 0 aliphatic rings. The molecule has 0 fully saturated rings. The Hall–Kier alpha value is -0.940. The van der Waals surface area contributed by atoms with Crippen LogP contribution in [0.3, 0.4) is 0 Å². The first-order valence-corrected chi connectivity index (χ1v) is 5.96. The van der Waals surface area contributed by atoms with Gasteiger partial charge in [0.25, 0.3) is 12.3 Å². The maximum absolute atomic E-state index is 13.6. The molecule has 1 aromatic carbocycles. The number of carbonyl (C=O) groups is 1. The predicted molar refractivity (Wildman–Crippen MR) is 64.0 cm³/mol. The normalized spacial score (nSPS) is 10.8. The van der Waals surface area contributed by atoms with Gasteiger partial charge in [0.05, 0.1) is 17.1 Å². The van der Waals surface area contributed by atoms with E-state index in [-0.39, 0.29) is 23.0 Å². The summed E-state index contributed by atoms with van der Waals surface area (Å²) in [6.07, 6.45) is -2.71. The number of carbonyl (C=O) groups excluding carboxylic acids is 1. The van der Waals surface area contributed by atoms with Crippen molar-refractivity contribution >= 4 is 29.1 Å². The highest BCUT2D eigenvalue weighted by Gasteiger charge is 2.22. The van der Waals surface area contributed by atoms with Gasteiger partial charge in [0.2, 0.25) is 0 Å². The molecule has 1 aromatic rings. The van der Waals surface area contributed by atoms with Crippen molar-refractivity contribution < 1.29 is 18.0 Å². The summed E-state index contributed by atoms with van der Waals surface area (Å²) < 4.78 is 38.2. The smallest absolute Gasteiger partial charge is 0.257 e. The highest BCUT2D eigenvalue weighted by molar-refractivity contribution is 6.31. The van der Waals surface area contributed by atoms with Crippen LogP contribution in [0.5, 0.6) is 0 Å². The van der Waals surface area contributed by atoms with Crippen LogP contribution >= 0.6 is 23.2 Å². The van der Waals surface area contributed by atoms with E-state index >= 15 is 0 Å². The van der Waals surface area contributed by atoms with E-state index < -0.39 is 24.7 Å². The van der Waals surface area contributed by atoms with Crippen LogP contribution in [0, 0.1) is 5.82 Å². The molecule has 1 amide bonds. The summed E-state index contributed by atoms with van der Waals surface area (Å²) in [5, 5.41) is -0.233. The van der Waals surface area contributed by atoms with Crippen molar-refractivity contribution in [2.75, 3.05) is 19.0 Å². The van der Waals surface area contributed by atoms with Crippen LogP contribution in [0.4, 0.5) is 13.2 Å². The van der Waals surface area contributed by atoms with Gasteiger partial charge in [-0.25, -0.2) is 13.2 Å². The van der Waals surface area contributed by atoms with Gasteiger partial charge in [-0.05, 0) is 12.1 Å². The van der Waals surface area contributed by atoms with Gasteiger partial charge >= 0.3 is 0 Å². The third kappa shape index (κ3) is 3.78. The van der Waals surface area contributed by atoms with Crippen molar-refractivity contribution in [3.8, 4) is 0 Å². The van der Waals surface area contributed by atoms with Gasteiger partial charge in [-0.15, -0.1) is 11.6 Å². The first kappa shape index (κ1) is 15.1. The molecule has 0 saturated carbocycles. The molecule has 7 heteroatoms. The molecule has 1 rings (SSSR count). The number of rotatable bonds is 5. The second kappa shape index (κ2) is 6.85. The summed E-state index contributed by atoms with van der Waals surface area (Å²) in [4.78, 5) is 12.7. The Balaban J connectivity index is 2.98. The zero-order valence-corrected chi connectivity index (χ0v) is 10.7. The third-order valence-corrected chi connectivity index (χ3v) is 2.64. The Bertz CT molecular complexity index is 429. The number of nitrogens with zero attached hydrogens (tertiary/aromatic N) is 1. The van der Waals surface area contributed by atoms with Crippen molar-refractivity contribution in [1.29, 1.82) is 0 Å². The van der Waals surface area contributed by atoms with Gasteiger partial charge in [-0.1, -0.05) is 17.7 Å². The number of hydrogen-bond donors (Lipinski definition) is 0. The lowest BCUT2D eigenvalue weighted by atomic mass is 10.2. The van der Waals surface area contributed by atoms with Gasteiger partial charge in [-0.3, -0.25) is 4.79 Å². The molecule has 0 unspecified atom stereocenters. The highest BCUT2D eigenvalue weighted by atomic mass is 35.5. The van der Waals surface area contributed by atoms with E-state index in [0.29, 0.717) is 0 Å². The van der Waals surface area contributed by atoms with Crippen molar-refractivity contribution in [2.45, 2.75) is 6.43 Å². The van der Waals surface area contributed by atoms with Gasteiger partial charge in [0, 0.05) is 12.4 Å². The molecule has 0 radical (unpaired) electrons. The SMILES string of the molecule is O=C(c1cccc(Cl)c1F)N(CCCl)CC(F)F. The molecular weight excluding hydrogens is 290 g/mol. The zero-order chi connectivity index (χ0) is 13.7. The van der Waals surface area contributed by atoms with E-state index in [1.807, 2.05) is 0 Å². The highest BCUT2D eigenvalue weighted by Crippen LogP contribution is 2.19. The molecule has 0 aromatic heterocycles. The van der Waals surface area contributed by atoms with Crippen LogP contribution in [-0.2, 0) is 0 Å². The lowest BCUT2D eigenvalue weighted by Gasteiger charge is -2.21. The first-order chi connectivity index (χ1) is 8.47. The van der Waals surface area contributed by atoms with E-state index in [9.17, 15) is 18.0 Å². The zero-order valence-electron chi connectivity index (χ0n) is 9.18. The monoisotopic (exact) mass is 299 g/mol. The van der Waals surface area contributed by atoms with Crippen LogP contribution in [0.1, 0.15) is 10.4 Å². The predicted octanol–water partition coefficient (Wildman–Crippen LogP) is 3.43. The molecular formula is C11H10Cl2F3NO. The number of halogens is 5. The average Bonchev–Trinajstić information content (AvgIpc) is 2.31. The molecule has 0 aliphatic carbocycles. The third-order valence-electron chi connectivity index (χ3n) is 2.18. The largest absolute Gasteiger partial charge is 0.332 e. The molecule has 0 saturated heterocycles. The van der Waals surface area contributed by atoms with Crippen molar-refractivity contribution in [3.63, 3.8) is 0 Å². The Morgan fingerprint density at radius 1 is 1.39 bits per heavy atom. The molecule has 0 aliphatic heterocycles. The van der Waals surface area contributed by atoms with Gasteiger partial charge in [0.15, 0.2) is 5.82 Å². The summed E-state index contributed by atoms with van der Waals surface area (Å²) in [5.41, 5.74) is -0.340. The van der Waals surface area contributed by atoms with E-state index in [1.165, 1.54) is 18.2 Å². The minimum Gasteiger partial charge on any atom is -0.332 e. The Morgan fingerprint density at radius 2 is 2.06 bits per heavy atom. The summed E-state index contributed by atoms with van der Waals surface area (Å²) in [5.74, 6) is -1.78. The Labute approximate surface area is 112 Å². The summed E-state index contributed by atoms with van der Waals surface area (Å²) in [6.45, 7) is -0.881. The average molecular weight is 300 g/mol. The van der Waals surface area contributed by atoms with E-state index in [0.717, 1.165) is 4.90 Å². The lowest BCUT2D eigenvalue weighted by Crippen LogP contribution is -2.37. The van der Waals surface area contributed by atoms with Crippen molar-refractivity contribution in [3.05, 3.63) is 34.6 Å². The van der Waals surface area contributed by atoms with Crippen molar-refractivity contribution in [1.82, 2.24) is 4.90 Å². The second-order valence-corrected chi connectivity index (χ2v) is 4.22. The van der Waals surface area contributed by atoms with E-state index in [2.05, 4.69) is 0 Å². The van der Waals surface area contributed by atoms with Crippen LogP contribution < -0.4 is 0 Å². The summed E-state index contributed by atoms with van der Waals surface area (Å²) in [7, 11) is 0. The van der Waals surface area contributed by atoms with Crippen LogP contribution in [-0.4, -0.2) is 36.2 Å². The molecule has 18 heavy (non-hydrogen) atoms. The van der Waals surface area contributed by atoms with Gasteiger partial charge < -0.3 is 4.90 Å². The maximum Gasteiger partial charge on any atom is 0.257 e. The topological polar surface area (TPSA) is 20.3 Å². The van der Waals surface area contributed by atoms with Crippen LogP contribution in [0.2, 0.25) is 5.02 Å². The Morgan fingerprint density at radius 3 is 2.61 bits per heavy atom. The second-order valence-electron chi connectivity index (χ2n) is 3.43. The summed E-state index contributed by atoms with van der Waals surface area (Å²) in [6, 6.07) is 3.84. The molecule has 2 nitrogen and oxygen atoms in total. The molecule has 0 spiro atoms. The number of hydrogen-bond acceptors (Lipinski definition) is 1. The maximum atomic E-state index is 13.6. The minimum absolute atomic E-state index is 0.0132. The van der Waals surface area contributed by atoms with E-state index in [4.69, 9.17) is 23.2 Å². The number of benzene rings is 1. The Kier molecular flexibility index (Phi) is 5.75. The van der Waals surface area contributed by atoms with Gasteiger partial charge in [-0.2, -0.15) is 0 Å². The molecule has 0 bridgehead atoms. The van der Waals surface area contributed by atoms with Crippen LogP contribution in [0.15, 0.2) is 18.2 Å². The summed E-state index contributed by atoms with van der Waals surface area (Å²) >= 11 is 10.9. The molecule has 100 valence electrons. The molecule has 0 atom stereocenters. The fraction of sp³-hybridized carbons (Fsp3) is 0.364.